The summed E-state index contributed by atoms with van der Waals surface area (Å²) >= 11 is 3.62. The van der Waals surface area contributed by atoms with Gasteiger partial charge in [-0.2, -0.15) is 0 Å². The Morgan fingerprint density at radius 3 is 2.39 bits per heavy atom. The summed E-state index contributed by atoms with van der Waals surface area (Å²) in [7, 11) is 0. The number of anilines is 1. The molecule has 1 heterocycles. The minimum atomic E-state index is 0.590. The van der Waals surface area contributed by atoms with Gasteiger partial charge in [0.15, 0.2) is 0 Å². The van der Waals surface area contributed by atoms with E-state index < -0.39 is 0 Å². The van der Waals surface area contributed by atoms with Crippen LogP contribution < -0.4 is 5.32 Å². The third kappa shape index (κ3) is 3.07. The van der Waals surface area contributed by atoms with E-state index in [4.69, 9.17) is 0 Å². The van der Waals surface area contributed by atoms with Crippen molar-refractivity contribution in [3.8, 4) is 0 Å². The average Bonchev–Trinajstić information content (AvgIpc) is 2.74. The Labute approximate surface area is 119 Å². The number of hydrogen-bond donors (Lipinski definition) is 1. The summed E-state index contributed by atoms with van der Waals surface area (Å²) in [5, 5.41) is 3.67. The maximum absolute atomic E-state index is 3.67. The lowest BCUT2D eigenvalue weighted by Crippen LogP contribution is -2.31. The molecule has 0 aliphatic carbocycles. The highest BCUT2D eigenvalue weighted by Crippen LogP contribution is 2.26. The van der Waals surface area contributed by atoms with Crippen molar-refractivity contribution in [1.29, 1.82) is 0 Å². The van der Waals surface area contributed by atoms with E-state index in [1.165, 1.54) is 34.3 Å². The summed E-state index contributed by atoms with van der Waals surface area (Å²) in [4.78, 5) is 2.54. The minimum absolute atomic E-state index is 0.590. The molecule has 0 bridgehead atoms. The molecule has 1 fully saturated rings. The summed E-state index contributed by atoms with van der Waals surface area (Å²) in [5.41, 5.74) is 3.86. The Hall–Kier alpha value is -0.540. The van der Waals surface area contributed by atoms with Crippen molar-refractivity contribution < 1.29 is 0 Å². The zero-order valence-electron chi connectivity index (χ0n) is 11.8. The lowest BCUT2D eigenvalue weighted by Gasteiger charge is -2.21. The van der Waals surface area contributed by atoms with E-state index in [-0.39, 0.29) is 0 Å². The number of benzene rings is 1. The molecule has 0 aromatic heterocycles. The van der Waals surface area contributed by atoms with Gasteiger partial charge in [-0.1, -0.05) is 15.9 Å². The van der Waals surface area contributed by atoms with Crippen molar-refractivity contribution in [2.24, 2.45) is 0 Å². The van der Waals surface area contributed by atoms with Crippen LogP contribution in [0, 0.1) is 13.8 Å². The van der Waals surface area contributed by atoms with Crippen LogP contribution in [0.3, 0.4) is 0 Å². The predicted octanol–water partition coefficient (Wildman–Crippen LogP) is 3.96. The van der Waals surface area contributed by atoms with Gasteiger partial charge < -0.3 is 5.32 Å². The lowest BCUT2D eigenvalue weighted by atomic mass is 10.1. The molecular formula is C15H23BrN2. The lowest BCUT2D eigenvalue weighted by molar-refractivity contribution is 0.274. The van der Waals surface area contributed by atoms with Gasteiger partial charge in [-0.05, 0) is 57.4 Å². The quantitative estimate of drug-likeness (QED) is 0.909. The van der Waals surface area contributed by atoms with Crippen molar-refractivity contribution in [1.82, 2.24) is 4.90 Å². The first kappa shape index (κ1) is 13.9. The first-order valence-electron chi connectivity index (χ1n) is 6.74. The fourth-order valence-corrected chi connectivity index (χ4v) is 2.87. The molecule has 1 N–H and O–H groups in total. The van der Waals surface area contributed by atoms with Crippen LogP contribution in [0.5, 0.6) is 0 Å². The first-order chi connectivity index (χ1) is 8.47. The fraction of sp³-hybridized carbons (Fsp3) is 0.600. The Balaban J connectivity index is 2.03. The van der Waals surface area contributed by atoms with Gasteiger partial charge in [0.25, 0.3) is 0 Å². The van der Waals surface area contributed by atoms with E-state index in [0.717, 1.165) is 6.54 Å². The molecule has 3 heteroatoms. The molecule has 1 aliphatic heterocycles. The number of halogens is 1. The standard InChI is InChI=1S/C15H23BrN2/c1-10(2)18-6-5-13(9-18)17-14-7-11(3)15(16)12(4)8-14/h7-8,10,13,17H,5-6,9H2,1-4H3. The summed E-state index contributed by atoms with van der Waals surface area (Å²) in [6, 6.07) is 5.71. The molecule has 1 atom stereocenters. The summed E-state index contributed by atoms with van der Waals surface area (Å²) in [5.74, 6) is 0. The molecule has 1 saturated heterocycles. The highest BCUT2D eigenvalue weighted by atomic mass is 79.9. The van der Waals surface area contributed by atoms with E-state index >= 15 is 0 Å². The zero-order valence-corrected chi connectivity index (χ0v) is 13.3. The van der Waals surface area contributed by atoms with Crippen molar-refractivity contribution in [3.63, 3.8) is 0 Å². The largest absolute Gasteiger partial charge is 0.381 e. The molecule has 0 amide bonds. The monoisotopic (exact) mass is 310 g/mol. The van der Waals surface area contributed by atoms with E-state index in [1.807, 2.05) is 0 Å². The Kier molecular flexibility index (Phi) is 4.33. The van der Waals surface area contributed by atoms with Gasteiger partial charge in [-0.3, -0.25) is 4.90 Å². The topological polar surface area (TPSA) is 15.3 Å². The first-order valence-corrected chi connectivity index (χ1v) is 7.54. The van der Waals surface area contributed by atoms with Gasteiger partial charge in [0.2, 0.25) is 0 Å². The summed E-state index contributed by atoms with van der Waals surface area (Å²) < 4.78 is 1.23. The van der Waals surface area contributed by atoms with E-state index in [1.54, 1.807) is 0 Å². The molecule has 0 saturated carbocycles. The third-order valence-corrected chi connectivity index (χ3v) is 5.01. The van der Waals surface area contributed by atoms with E-state index in [0.29, 0.717) is 12.1 Å². The van der Waals surface area contributed by atoms with Gasteiger partial charge in [0.05, 0.1) is 0 Å². The van der Waals surface area contributed by atoms with E-state index in [2.05, 4.69) is 66.0 Å². The molecule has 100 valence electrons. The van der Waals surface area contributed by atoms with Crippen molar-refractivity contribution in [2.75, 3.05) is 18.4 Å². The Morgan fingerprint density at radius 1 is 1.28 bits per heavy atom. The second kappa shape index (κ2) is 5.62. The number of rotatable bonds is 3. The highest BCUT2D eigenvalue weighted by molar-refractivity contribution is 9.10. The van der Waals surface area contributed by atoms with Gasteiger partial charge >= 0.3 is 0 Å². The van der Waals surface area contributed by atoms with Crippen LogP contribution in [0.1, 0.15) is 31.4 Å². The van der Waals surface area contributed by atoms with Crippen LogP contribution in [-0.2, 0) is 0 Å². The summed E-state index contributed by atoms with van der Waals surface area (Å²) in [6.07, 6.45) is 1.24. The third-order valence-electron chi connectivity index (χ3n) is 3.76. The SMILES string of the molecule is Cc1cc(NC2CCN(C(C)C)C2)cc(C)c1Br. The predicted molar refractivity (Wildman–Crippen MR) is 82.4 cm³/mol. The average molecular weight is 311 g/mol. The molecule has 1 aromatic rings. The number of likely N-dealkylation sites (tertiary alicyclic amines) is 1. The van der Waals surface area contributed by atoms with Crippen molar-refractivity contribution in [2.45, 2.75) is 46.2 Å². The number of nitrogens with zero attached hydrogens (tertiary/aromatic N) is 1. The smallest absolute Gasteiger partial charge is 0.0400 e. The molecule has 0 radical (unpaired) electrons. The summed E-state index contributed by atoms with van der Waals surface area (Å²) in [6.45, 7) is 11.2. The van der Waals surface area contributed by atoms with Crippen LogP contribution in [0.15, 0.2) is 16.6 Å². The van der Waals surface area contributed by atoms with Gasteiger partial charge in [0, 0.05) is 35.3 Å². The van der Waals surface area contributed by atoms with Gasteiger partial charge in [-0.15, -0.1) is 0 Å². The minimum Gasteiger partial charge on any atom is -0.381 e. The normalized spacial score (nSPS) is 20.7. The van der Waals surface area contributed by atoms with Gasteiger partial charge in [0.1, 0.15) is 0 Å². The molecule has 2 rings (SSSR count). The molecular weight excluding hydrogens is 288 g/mol. The number of nitrogens with one attached hydrogen (secondary N) is 1. The van der Waals surface area contributed by atoms with E-state index in [9.17, 15) is 0 Å². The fourth-order valence-electron chi connectivity index (χ4n) is 2.64. The molecule has 1 aliphatic rings. The Morgan fingerprint density at radius 2 is 1.89 bits per heavy atom. The van der Waals surface area contributed by atoms with Crippen molar-refractivity contribution >= 4 is 21.6 Å². The second-order valence-corrected chi connectivity index (χ2v) is 6.44. The van der Waals surface area contributed by atoms with Crippen molar-refractivity contribution in [3.05, 3.63) is 27.7 Å². The van der Waals surface area contributed by atoms with Crippen LogP contribution in [0.25, 0.3) is 0 Å². The maximum Gasteiger partial charge on any atom is 0.0400 e. The maximum atomic E-state index is 3.67. The second-order valence-electron chi connectivity index (χ2n) is 5.64. The van der Waals surface area contributed by atoms with Crippen LogP contribution in [-0.4, -0.2) is 30.1 Å². The molecule has 1 unspecified atom stereocenters. The number of aryl methyl sites for hydroxylation is 2. The zero-order chi connectivity index (χ0) is 13.3. The highest BCUT2D eigenvalue weighted by Gasteiger charge is 2.23. The number of hydrogen-bond acceptors (Lipinski definition) is 2. The van der Waals surface area contributed by atoms with Crippen LogP contribution in [0.2, 0.25) is 0 Å². The molecule has 1 aromatic carbocycles. The Bertz CT molecular complexity index is 405. The molecule has 2 nitrogen and oxygen atoms in total. The molecule has 18 heavy (non-hydrogen) atoms. The van der Waals surface area contributed by atoms with Gasteiger partial charge in [-0.25, -0.2) is 0 Å². The van der Waals surface area contributed by atoms with Crippen LogP contribution in [0.4, 0.5) is 5.69 Å². The van der Waals surface area contributed by atoms with Crippen LogP contribution >= 0.6 is 15.9 Å². The molecule has 0 spiro atoms.